The van der Waals surface area contributed by atoms with Gasteiger partial charge in [0.2, 0.25) is 5.91 Å². The van der Waals surface area contributed by atoms with Crippen LogP contribution in [0, 0.1) is 0 Å². The van der Waals surface area contributed by atoms with Gasteiger partial charge in [-0.1, -0.05) is 55.5 Å². The molecule has 0 atom stereocenters. The molecule has 38 heavy (non-hydrogen) atoms. The number of Topliss-reactive ketones (excluding diaryl/α,β-unsaturated/α-hetero) is 1. The Kier molecular flexibility index (Phi) is 12.0. The molecule has 1 aliphatic heterocycles. The van der Waals surface area contributed by atoms with Gasteiger partial charge in [-0.25, -0.2) is 4.79 Å². The van der Waals surface area contributed by atoms with E-state index in [1.165, 1.54) is 5.56 Å². The fraction of sp³-hybridized carbons (Fsp3) is 0.516. The quantitative estimate of drug-likeness (QED) is 0.277. The second-order valence-corrected chi connectivity index (χ2v) is 10.0. The average molecular weight is 522 g/mol. The van der Waals surface area contributed by atoms with Crippen LogP contribution in [0.25, 0.3) is 0 Å². The summed E-state index contributed by atoms with van der Waals surface area (Å²) in [5.41, 5.74) is 0.944. The van der Waals surface area contributed by atoms with Crippen molar-refractivity contribution in [1.82, 2.24) is 10.2 Å². The number of rotatable bonds is 15. The number of carbonyl (C=O) groups excluding carboxylic acids is 3. The minimum absolute atomic E-state index is 0.0920. The van der Waals surface area contributed by atoms with E-state index in [9.17, 15) is 14.4 Å². The maximum Gasteiger partial charge on any atom is 0.332 e. The minimum atomic E-state index is -1.06. The third-order valence-corrected chi connectivity index (χ3v) is 7.33. The summed E-state index contributed by atoms with van der Waals surface area (Å²) in [6.07, 6.45) is 4.48. The maximum absolute atomic E-state index is 13.8. The standard InChI is InChI=1S/C31H43N3O4/c1-3-29(36)34(27-14-8-5-9-15-27)31(30(37)38-25-11-17-28(35)16-10-21-32-2)19-23-33(24-20-31)22-18-26-12-6-4-7-13-26/h4-9,12-15,32H,3,10-11,16-25H2,1-2H3. The molecular weight excluding hydrogens is 478 g/mol. The van der Waals surface area contributed by atoms with E-state index in [4.69, 9.17) is 4.74 Å². The van der Waals surface area contributed by atoms with E-state index in [1.807, 2.05) is 50.4 Å². The molecule has 1 aliphatic rings. The van der Waals surface area contributed by atoms with Crippen molar-refractivity contribution in [3.05, 3.63) is 66.2 Å². The average Bonchev–Trinajstić information content (AvgIpc) is 2.96. The predicted molar refractivity (Wildman–Crippen MR) is 151 cm³/mol. The van der Waals surface area contributed by atoms with Crippen LogP contribution in [0.2, 0.25) is 0 Å². The van der Waals surface area contributed by atoms with Gasteiger partial charge in [0.05, 0.1) is 6.61 Å². The SMILES string of the molecule is CCC(=O)N(c1ccccc1)C1(C(=O)OCCCC(=O)CCCNC)CCN(CCc2ccccc2)CC1. The van der Waals surface area contributed by atoms with E-state index >= 15 is 0 Å². The largest absolute Gasteiger partial charge is 0.464 e. The highest BCUT2D eigenvalue weighted by Crippen LogP contribution is 2.35. The number of ketones is 1. The molecule has 1 heterocycles. The van der Waals surface area contributed by atoms with Crippen molar-refractivity contribution in [2.75, 3.05) is 44.7 Å². The van der Waals surface area contributed by atoms with Gasteiger partial charge >= 0.3 is 5.97 Å². The summed E-state index contributed by atoms with van der Waals surface area (Å²) in [7, 11) is 1.87. The second kappa shape index (κ2) is 15.4. The normalized spacial score (nSPS) is 15.1. The molecule has 0 unspecified atom stereocenters. The van der Waals surface area contributed by atoms with Crippen molar-refractivity contribution in [3.8, 4) is 0 Å². The van der Waals surface area contributed by atoms with Crippen LogP contribution in [0.4, 0.5) is 5.69 Å². The van der Waals surface area contributed by atoms with Gasteiger partial charge in [-0.15, -0.1) is 0 Å². The Bertz CT molecular complexity index is 1000. The minimum Gasteiger partial charge on any atom is -0.464 e. The number of amides is 1. The summed E-state index contributed by atoms with van der Waals surface area (Å²) in [4.78, 5) is 43.3. The molecule has 7 nitrogen and oxygen atoms in total. The van der Waals surface area contributed by atoms with E-state index in [1.54, 1.807) is 4.90 Å². The number of piperidine rings is 1. The van der Waals surface area contributed by atoms with E-state index < -0.39 is 5.54 Å². The number of carbonyl (C=O) groups is 3. The van der Waals surface area contributed by atoms with Crippen molar-refractivity contribution < 1.29 is 19.1 Å². The first-order valence-corrected chi connectivity index (χ1v) is 14.0. The molecule has 0 saturated carbocycles. The Morgan fingerprint density at radius 3 is 2.21 bits per heavy atom. The molecule has 0 aromatic heterocycles. The van der Waals surface area contributed by atoms with Gasteiger partial charge in [0.15, 0.2) is 0 Å². The van der Waals surface area contributed by atoms with E-state index in [2.05, 4.69) is 34.5 Å². The Hall–Kier alpha value is -3.03. The van der Waals surface area contributed by atoms with Crippen LogP contribution in [0.3, 0.4) is 0 Å². The maximum atomic E-state index is 13.8. The molecule has 1 N–H and O–H groups in total. The number of anilines is 1. The van der Waals surface area contributed by atoms with Gasteiger partial charge < -0.3 is 15.0 Å². The number of nitrogens with one attached hydrogen (secondary N) is 1. The number of para-hydroxylation sites is 1. The lowest BCUT2D eigenvalue weighted by molar-refractivity contribution is -0.154. The molecule has 0 radical (unpaired) electrons. The molecule has 0 spiro atoms. The zero-order valence-corrected chi connectivity index (χ0v) is 23.0. The number of likely N-dealkylation sites (tertiary alicyclic amines) is 1. The summed E-state index contributed by atoms with van der Waals surface area (Å²) in [5, 5.41) is 3.05. The molecule has 1 fully saturated rings. The second-order valence-electron chi connectivity index (χ2n) is 10.0. The van der Waals surface area contributed by atoms with Crippen LogP contribution in [0.5, 0.6) is 0 Å². The lowest BCUT2D eigenvalue weighted by Gasteiger charge is -2.46. The number of hydrogen-bond acceptors (Lipinski definition) is 6. The Labute approximate surface area is 227 Å². The lowest BCUT2D eigenvalue weighted by atomic mass is 9.84. The monoisotopic (exact) mass is 521 g/mol. The predicted octanol–water partition coefficient (Wildman–Crippen LogP) is 4.40. The first-order valence-electron chi connectivity index (χ1n) is 14.0. The molecule has 2 aromatic carbocycles. The van der Waals surface area contributed by atoms with Gasteiger partial charge in [0.1, 0.15) is 11.3 Å². The zero-order valence-electron chi connectivity index (χ0n) is 23.0. The zero-order chi connectivity index (χ0) is 27.2. The Morgan fingerprint density at radius 1 is 0.947 bits per heavy atom. The van der Waals surface area contributed by atoms with Crippen molar-refractivity contribution in [3.63, 3.8) is 0 Å². The number of nitrogens with zero attached hydrogens (tertiary/aromatic N) is 2. The molecule has 1 amide bonds. The van der Waals surface area contributed by atoms with Gasteiger partial charge in [-0.05, 0) is 63.4 Å². The molecule has 206 valence electrons. The third kappa shape index (κ3) is 8.23. The van der Waals surface area contributed by atoms with Crippen molar-refractivity contribution >= 4 is 23.3 Å². The highest BCUT2D eigenvalue weighted by molar-refractivity contribution is 6.02. The molecule has 3 rings (SSSR count). The van der Waals surface area contributed by atoms with Crippen LogP contribution in [-0.4, -0.2) is 67.9 Å². The van der Waals surface area contributed by atoms with Crippen LogP contribution in [0.1, 0.15) is 57.4 Å². The van der Waals surface area contributed by atoms with Crippen LogP contribution in [-0.2, 0) is 25.5 Å². The Morgan fingerprint density at radius 2 is 1.58 bits per heavy atom. The molecular formula is C31H43N3O4. The molecule has 0 bridgehead atoms. The fourth-order valence-electron chi connectivity index (χ4n) is 5.12. The fourth-order valence-corrected chi connectivity index (χ4v) is 5.12. The van der Waals surface area contributed by atoms with Gasteiger partial charge in [0.25, 0.3) is 0 Å². The molecule has 2 aromatic rings. The number of benzene rings is 2. The van der Waals surface area contributed by atoms with Crippen LogP contribution >= 0.6 is 0 Å². The van der Waals surface area contributed by atoms with Gasteiger partial charge in [-0.3, -0.25) is 14.5 Å². The van der Waals surface area contributed by atoms with Crippen LogP contribution in [0.15, 0.2) is 60.7 Å². The van der Waals surface area contributed by atoms with Crippen molar-refractivity contribution in [2.45, 2.75) is 63.8 Å². The summed E-state index contributed by atoms with van der Waals surface area (Å²) in [6.45, 7) is 5.12. The smallest absolute Gasteiger partial charge is 0.332 e. The lowest BCUT2D eigenvalue weighted by Crippen LogP contribution is -2.63. The topological polar surface area (TPSA) is 78.9 Å². The summed E-state index contributed by atoms with van der Waals surface area (Å²) in [6, 6.07) is 19.8. The van der Waals surface area contributed by atoms with E-state index in [-0.39, 0.29) is 24.3 Å². The van der Waals surface area contributed by atoms with Crippen molar-refractivity contribution in [1.29, 1.82) is 0 Å². The van der Waals surface area contributed by atoms with Crippen LogP contribution < -0.4 is 10.2 Å². The highest BCUT2D eigenvalue weighted by Gasteiger charge is 2.50. The van der Waals surface area contributed by atoms with E-state index in [0.29, 0.717) is 57.3 Å². The van der Waals surface area contributed by atoms with Gasteiger partial charge in [-0.2, -0.15) is 0 Å². The first kappa shape index (κ1) is 29.5. The molecule has 7 heteroatoms. The number of ether oxygens (including phenoxy) is 1. The molecule has 1 saturated heterocycles. The molecule has 0 aliphatic carbocycles. The van der Waals surface area contributed by atoms with Gasteiger partial charge in [0, 0.05) is 44.6 Å². The summed E-state index contributed by atoms with van der Waals surface area (Å²) in [5.74, 6) is -0.274. The third-order valence-electron chi connectivity index (χ3n) is 7.33. The highest BCUT2D eigenvalue weighted by atomic mass is 16.5. The number of esters is 1. The van der Waals surface area contributed by atoms with Crippen molar-refractivity contribution in [2.24, 2.45) is 0 Å². The summed E-state index contributed by atoms with van der Waals surface area (Å²) >= 11 is 0. The summed E-state index contributed by atoms with van der Waals surface area (Å²) < 4.78 is 5.81. The Balaban J connectivity index is 1.70. The first-order chi connectivity index (χ1) is 18.5. The number of hydrogen-bond donors (Lipinski definition) is 1. The van der Waals surface area contributed by atoms with E-state index in [0.717, 1.165) is 25.9 Å².